The van der Waals surface area contributed by atoms with Crippen molar-refractivity contribution in [3.63, 3.8) is 0 Å². The number of ether oxygens (including phenoxy) is 2. The Hall–Kier alpha value is -1.87. The zero-order valence-electron chi connectivity index (χ0n) is 16.9. The van der Waals surface area contributed by atoms with Crippen molar-refractivity contribution < 1.29 is 14.6 Å². The Morgan fingerprint density at radius 2 is 2.10 bits per heavy atom. The lowest BCUT2D eigenvalue weighted by atomic mass is 10.2. The molecule has 158 valence electrons. The lowest BCUT2D eigenvalue weighted by molar-refractivity contribution is 0.0705. The van der Waals surface area contributed by atoms with Crippen LogP contribution in [0.3, 0.4) is 0 Å². The van der Waals surface area contributed by atoms with Gasteiger partial charge in [0.1, 0.15) is 12.7 Å². The molecular formula is C21H30N4O3S. The van der Waals surface area contributed by atoms with Crippen LogP contribution in [-0.2, 0) is 13.0 Å². The molecule has 29 heavy (non-hydrogen) atoms. The molecule has 0 radical (unpaired) electrons. The number of methoxy groups -OCH3 is 1. The minimum absolute atomic E-state index is 0.260. The third-order valence-corrected chi connectivity index (χ3v) is 5.68. The summed E-state index contributed by atoms with van der Waals surface area (Å²) >= 11 is 1.97. The summed E-state index contributed by atoms with van der Waals surface area (Å²) in [6.45, 7) is 4.52. The lowest BCUT2D eigenvalue weighted by Crippen LogP contribution is -2.40. The topological polar surface area (TPSA) is 79.7 Å². The molecular weight excluding hydrogens is 388 g/mol. The van der Waals surface area contributed by atoms with Crippen molar-refractivity contribution >= 4 is 11.8 Å². The molecule has 8 heteroatoms. The van der Waals surface area contributed by atoms with Crippen LogP contribution in [0.15, 0.2) is 36.8 Å². The number of aliphatic hydroxyl groups is 1. The number of aliphatic hydroxyl groups excluding tert-OH is 1. The summed E-state index contributed by atoms with van der Waals surface area (Å²) in [5.41, 5.74) is 2.09. The van der Waals surface area contributed by atoms with E-state index in [9.17, 15) is 5.11 Å². The smallest absolute Gasteiger partial charge is 0.161 e. The van der Waals surface area contributed by atoms with Gasteiger partial charge in [0.15, 0.2) is 11.5 Å². The highest BCUT2D eigenvalue weighted by atomic mass is 32.2. The predicted octanol–water partition coefficient (Wildman–Crippen LogP) is 1.61. The van der Waals surface area contributed by atoms with Crippen LogP contribution in [0.2, 0.25) is 0 Å². The van der Waals surface area contributed by atoms with Gasteiger partial charge in [-0.1, -0.05) is 6.07 Å². The molecule has 1 fully saturated rings. The van der Waals surface area contributed by atoms with Gasteiger partial charge in [-0.2, -0.15) is 11.8 Å². The van der Waals surface area contributed by atoms with Gasteiger partial charge in [-0.25, -0.2) is 0 Å². The van der Waals surface area contributed by atoms with Crippen LogP contribution < -0.4 is 14.8 Å². The molecule has 0 amide bonds. The lowest BCUT2D eigenvalue weighted by Gasteiger charge is -2.28. The number of hydrogen-bond donors (Lipinski definition) is 2. The van der Waals surface area contributed by atoms with Gasteiger partial charge in [-0.15, -0.1) is 0 Å². The number of thioether (sulfide) groups is 1. The molecule has 0 aliphatic carbocycles. The first kappa shape index (κ1) is 21.8. The van der Waals surface area contributed by atoms with Crippen LogP contribution in [0.1, 0.15) is 11.3 Å². The predicted molar refractivity (Wildman–Crippen MR) is 116 cm³/mol. The molecule has 2 heterocycles. The Morgan fingerprint density at radius 1 is 1.24 bits per heavy atom. The first-order valence-corrected chi connectivity index (χ1v) is 11.1. The second-order valence-corrected chi connectivity index (χ2v) is 8.21. The van der Waals surface area contributed by atoms with Crippen molar-refractivity contribution in [1.82, 2.24) is 20.2 Å². The third kappa shape index (κ3) is 7.47. The van der Waals surface area contributed by atoms with Crippen LogP contribution >= 0.6 is 11.8 Å². The number of aromatic nitrogens is 2. The van der Waals surface area contributed by atoms with Crippen molar-refractivity contribution in [3.8, 4) is 11.5 Å². The second kappa shape index (κ2) is 12.0. The standard InChI is InChI=1S/C21H30N4O3S/c1-27-21-12-17(13-22-5-4-18-14-23-6-7-24-18)2-3-20(21)28-16-19(26)15-25-8-10-29-11-9-25/h2-3,6-7,12,14,19,22,26H,4-5,8-11,13,15-16H2,1H3. The van der Waals surface area contributed by atoms with E-state index in [1.54, 1.807) is 25.7 Å². The highest BCUT2D eigenvalue weighted by Crippen LogP contribution is 2.28. The minimum Gasteiger partial charge on any atom is -0.493 e. The average molecular weight is 419 g/mol. The molecule has 0 bridgehead atoms. The van der Waals surface area contributed by atoms with Crippen LogP contribution in [0.5, 0.6) is 11.5 Å². The molecule has 1 atom stereocenters. The Labute approximate surface area is 176 Å². The monoisotopic (exact) mass is 418 g/mol. The van der Waals surface area contributed by atoms with E-state index >= 15 is 0 Å². The van der Waals surface area contributed by atoms with Gasteiger partial charge < -0.3 is 19.9 Å². The van der Waals surface area contributed by atoms with Crippen molar-refractivity contribution in [2.75, 3.05) is 51.4 Å². The maximum absolute atomic E-state index is 10.3. The number of nitrogens with zero attached hydrogens (tertiary/aromatic N) is 3. The Balaban J connectivity index is 1.42. The van der Waals surface area contributed by atoms with Gasteiger partial charge in [-0.3, -0.25) is 14.9 Å². The van der Waals surface area contributed by atoms with E-state index in [0.717, 1.165) is 55.4 Å². The minimum atomic E-state index is -0.509. The summed E-state index contributed by atoms with van der Waals surface area (Å²) in [5.74, 6) is 3.61. The zero-order valence-corrected chi connectivity index (χ0v) is 17.7. The number of nitrogens with one attached hydrogen (secondary N) is 1. The fraction of sp³-hybridized carbons (Fsp3) is 0.524. The molecule has 1 aliphatic rings. The average Bonchev–Trinajstić information content (AvgIpc) is 2.77. The quantitative estimate of drug-likeness (QED) is 0.533. The third-order valence-electron chi connectivity index (χ3n) is 4.74. The Morgan fingerprint density at radius 3 is 2.86 bits per heavy atom. The van der Waals surface area contributed by atoms with E-state index in [-0.39, 0.29) is 6.61 Å². The second-order valence-electron chi connectivity index (χ2n) is 6.99. The first-order chi connectivity index (χ1) is 14.2. The summed E-state index contributed by atoms with van der Waals surface area (Å²) < 4.78 is 11.3. The van der Waals surface area contributed by atoms with Crippen LogP contribution in [0.25, 0.3) is 0 Å². The number of β-amino-alcohol motifs (C(OH)–C–C–N with tert-alkyl or cyclic N) is 1. The fourth-order valence-electron chi connectivity index (χ4n) is 3.17. The van der Waals surface area contributed by atoms with Crippen molar-refractivity contribution in [1.29, 1.82) is 0 Å². The molecule has 1 aromatic carbocycles. The largest absolute Gasteiger partial charge is 0.493 e. The number of rotatable bonds is 11. The van der Waals surface area contributed by atoms with Gasteiger partial charge in [0.2, 0.25) is 0 Å². The normalized spacial score (nSPS) is 15.8. The van der Waals surface area contributed by atoms with E-state index in [2.05, 4.69) is 20.2 Å². The maximum atomic E-state index is 10.3. The summed E-state index contributed by atoms with van der Waals surface area (Å²) in [6.07, 6.45) is 5.50. The molecule has 0 spiro atoms. The van der Waals surface area contributed by atoms with Crippen molar-refractivity contribution in [3.05, 3.63) is 48.0 Å². The summed E-state index contributed by atoms with van der Waals surface area (Å²) in [4.78, 5) is 10.6. The molecule has 2 aromatic rings. The van der Waals surface area contributed by atoms with Crippen molar-refractivity contribution in [2.45, 2.75) is 19.1 Å². The summed E-state index contributed by atoms with van der Waals surface area (Å²) in [5, 5.41) is 13.7. The molecule has 1 unspecified atom stereocenters. The molecule has 0 saturated carbocycles. The van der Waals surface area contributed by atoms with Gasteiger partial charge in [0, 0.05) is 69.2 Å². The molecule has 2 N–H and O–H groups in total. The first-order valence-electron chi connectivity index (χ1n) is 9.98. The Bertz CT molecular complexity index is 729. The van der Waals surface area contributed by atoms with Crippen LogP contribution in [0.4, 0.5) is 0 Å². The van der Waals surface area contributed by atoms with E-state index in [1.165, 1.54) is 0 Å². The van der Waals surface area contributed by atoms with Gasteiger partial charge in [0.25, 0.3) is 0 Å². The Kier molecular flexibility index (Phi) is 9.01. The fourth-order valence-corrected chi connectivity index (χ4v) is 4.15. The van der Waals surface area contributed by atoms with Crippen LogP contribution in [0, 0.1) is 0 Å². The van der Waals surface area contributed by atoms with E-state index in [1.807, 2.05) is 30.0 Å². The van der Waals surface area contributed by atoms with Gasteiger partial charge >= 0.3 is 0 Å². The number of benzene rings is 1. The van der Waals surface area contributed by atoms with E-state index in [0.29, 0.717) is 18.0 Å². The molecule has 3 rings (SSSR count). The maximum Gasteiger partial charge on any atom is 0.161 e. The zero-order chi connectivity index (χ0) is 20.3. The van der Waals surface area contributed by atoms with Crippen LogP contribution in [-0.4, -0.2) is 77.5 Å². The molecule has 7 nitrogen and oxygen atoms in total. The van der Waals surface area contributed by atoms with Gasteiger partial charge in [-0.05, 0) is 17.7 Å². The molecule has 1 saturated heterocycles. The number of hydrogen-bond acceptors (Lipinski definition) is 8. The molecule has 1 aromatic heterocycles. The summed E-state index contributed by atoms with van der Waals surface area (Å²) in [7, 11) is 1.63. The van der Waals surface area contributed by atoms with Crippen molar-refractivity contribution in [2.24, 2.45) is 0 Å². The summed E-state index contributed by atoms with van der Waals surface area (Å²) in [6, 6.07) is 5.89. The highest BCUT2D eigenvalue weighted by Gasteiger charge is 2.16. The SMILES string of the molecule is COc1cc(CNCCc2cnccn2)ccc1OCC(O)CN1CCSCC1. The van der Waals surface area contributed by atoms with E-state index < -0.39 is 6.10 Å². The molecule has 1 aliphatic heterocycles. The van der Waals surface area contributed by atoms with E-state index in [4.69, 9.17) is 9.47 Å². The highest BCUT2D eigenvalue weighted by molar-refractivity contribution is 7.99. The van der Waals surface area contributed by atoms with Gasteiger partial charge in [0.05, 0.1) is 12.8 Å².